The number of hydrogen-bond acceptors (Lipinski definition) is 13. The van der Waals surface area contributed by atoms with Crippen LogP contribution in [0, 0.1) is 63.2 Å². The molecule has 3 saturated heterocycles. The van der Waals surface area contributed by atoms with Gasteiger partial charge in [-0.1, -0.05) is 77.4 Å². The predicted octanol–water partition coefficient (Wildman–Crippen LogP) is 9.56. The Labute approximate surface area is 555 Å². The molecule has 0 radical (unpaired) electrons. The molecule has 6 bridgehead atoms. The molecule has 94 heavy (non-hydrogen) atoms. The zero-order valence-electron chi connectivity index (χ0n) is 56.9. The molecule has 0 aromatic heterocycles. The number of methoxy groups -OCH3 is 1. The van der Waals surface area contributed by atoms with E-state index in [1.54, 1.807) is 7.11 Å². The number of piperidine rings is 3. The van der Waals surface area contributed by atoms with Gasteiger partial charge in [-0.2, -0.15) is 0 Å². The van der Waals surface area contributed by atoms with Crippen molar-refractivity contribution in [3.63, 3.8) is 0 Å². The number of nitrogens with zero attached hydrogens (tertiary/aromatic N) is 3. The van der Waals surface area contributed by atoms with E-state index in [1.807, 2.05) is 25.1 Å². The summed E-state index contributed by atoms with van der Waals surface area (Å²) >= 11 is 0. The Bertz CT molecular complexity index is 3570. The number of aryl methyl sites for hydroxylation is 4. The highest BCUT2D eigenvalue weighted by Gasteiger charge is 2.74. The van der Waals surface area contributed by atoms with Gasteiger partial charge in [0.1, 0.15) is 22.6 Å². The second-order valence-electron chi connectivity index (χ2n) is 31.5. The van der Waals surface area contributed by atoms with Crippen LogP contribution in [0.3, 0.4) is 0 Å². The van der Waals surface area contributed by atoms with Gasteiger partial charge in [-0.05, 0) is 218 Å². The van der Waals surface area contributed by atoms with Crippen LogP contribution in [0.25, 0.3) is 0 Å². The topological polar surface area (TPSA) is 213 Å². The highest BCUT2D eigenvalue weighted by atomic mass is 16.6. The zero-order chi connectivity index (χ0) is 66.0. The SMILES string of the molecule is CC(=O)O[C@@]12C[C@@H](C(N)=O)C[C@@]13CCN(CC1CC1)[C@@H]2Cc1ccc(C)cc13.CC(=O)O[C@@]12C[C@H](C(N)=O)C[C@@]13CCN(CC1CC1)[C@@H]2Cc1ccc(C)cc13.COc1ccc(CNC(=O)C2C[C@]34CCN(CC5CC5)[C@H](Cc5ccc(C)cc53)[C@]4(OC(C)=O)C2)c(C)c1. The first-order chi connectivity index (χ1) is 44.9. The summed E-state index contributed by atoms with van der Waals surface area (Å²) in [6, 6.07) is 26.5. The van der Waals surface area contributed by atoms with Crippen molar-refractivity contribution in [3.05, 3.63) is 134 Å². The Morgan fingerprint density at radius 3 is 1.15 bits per heavy atom. The quantitative estimate of drug-likeness (QED) is 0.0748. The lowest BCUT2D eigenvalue weighted by molar-refractivity contribution is -0.189. The largest absolute Gasteiger partial charge is 0.497 e. The molecule has 5 N–H and O–H groups in total. The number of likely N-dealkylation sites (tertiary alicyclic amines) is 3. The number of amides is 3. The van der Waals surface area contributed by atoms with E-state index in [1.165, 1.54) is 109 Å². The van der Waals surface area contributed by atoms with Crippen LogP contribution in [0.5, 0.6) is 5.75 Å². The van der Waals surface area contributed by atoms with Crippen molar-refractivity contribution in [1.29, 1.82) is 0 Å². The normalized spacial score (nSPS) is 33.8. The van der Waals surface area contributed by atoms with E-state index in [0.29, 0.717) is 38.6 Å². The summed E-state index contributed by atoms with van der Waals surface area (Å²) in [6.45, 7) is 19.6. The van der Waals surface area contributed by atoms with Crippen LogP contribution in [0.4, 0.5) is 0 Å². The molecule has 16 rings (SSSR count). The number of rotatable bonds is 15. The Balaban J connectivity index is 0.000000124. The first kappa shape index (κ1) is 64.7. The number of hydrogen-bond donors (Lipinski definition) is 3. The fourth-order valence-electron chi connectivity index (χ4n) is 21.1. The summed E-state index contributed by atoms with van der Waals surface area (Å²) in [6.07, 6.45) is 17.0. The maximum Gasteiger partial charge on any atom is 0.303 e. The smallest absolute Gasteiger partial charge is 0.303 e. The third-order valence-electron chi connectivity index (χ3n) is 25.6. The molecule has 1 unspecified atom stereocenters. The van der Waals surface area contributed by atoms with Gasteiger partial charge in [0, 0.05) is 100 Å². The Morgan fingerprint density at radius 2 is 0.830 bits per heavy atom. The van der Waals surface area contributed by atoms with E-state index < -0.39 is 16.8 Å². The van der Waals surface area contributed by atoms with Gasteiger partial charge in [0.15, 0.2) is 0 Å². The predicted molar refractivity (Wildman–Crippen MR) is 357 cm³/mol. The third kappa shape index (κ3) is 11.0. The number of nitrogens with one attached hydrogen (secondary N) is 1. The summed E-state index contributed by atoms with van der Waals surface area (Å²) in [5.41, 5.74) is 22.5. The number of ether oxygens (including phenoxy) is 4. The van der Waals surface area contributed by atoms with Crippen LogP contribution in [-0.4, -0.2) is 132 Å². The van der Waals surface area contributed by atoms with E-state index in [-0.39, 0.29) is 87.8 Å². The molecule has 16 nitrogen and oxygen atoms in total. The summed E-state index contributed by atoms with van der Waals surface area (Å²) in [5, 5.41) is 3.23. The second-order valence-corrected chi connectivity index (χ2v) is 31.5. The van der Waals surface area contributed by atoms with Gasteiger partial charge in [-0.3, -0.25) is 43.5 Å². The lowest BCUT2D eigenvalue weighted by Gasteiger charge is -2.60. The van der Waals surface area contributed by atoms with E-state index >= 15 is 0 Å². The van der Waals surface area contributed by atoms with Gasteiger partial charge in [0.2, 0.25) is 17.7 Å². The molecule has 502 valence electrons. The minimum Gasteiger partial charge on any atom is -0.497 e. The molecule has 12 atom stereocenters. The van der Waals surface area contributed by atoms with Crippen molar-refractivity contribution in [2.75, 3.05) is 46.4 Å². The van der Waals surface area contributed by atoms with Gasteiger partial charge in [-0.15, -0.1) is 0 Å². The van der Waals surface area contributed by atoms with Gasteiger partial charge < -0.3 is 35.7 Å². The Morgan fingerprint density at radius 1 is 0.479 bits per heavy atom. The van der Waals surface area contributed by atoms with Crippen molar-refractivity contribution in [3.8, 4) is 5.75 Å². The molecular formula is C78H100N6O10. The zero-order valence-corrected chi connectivity index (χ0v) is 56.9. The fourth-order valence-corrected chi connectivity index (χ4v) is 21.1. The van der Waals surface area contributed by atoms with E-state index in [2.05, 4.69) is 95.4 Å². The summed E-state index contributed by atoms with van der Waals surface area (Å²) in [5.74, 6) is 1.24. The molecule has 3 heterocycles. The van der Waals surface area contributed by atoms with Crippen LogP contribution >= 0.6 is 0 Å². The minimum absolute atomic E-state index is 0.0594. The van der Waals surface area contributed by atoms with Crippen LogP contribution < -0.4 is 21.5 Å². The number of nitrogens with two attached hydrogens (primary N) is 2. The van der Waals surface area contributed by atoms with Crippen molar-refractivity contribution >= 4 is 35.6 Å². The standard InChI is InChI=1S/C32H40N2O4.2C23H30N2O3/c1-20-5-8-24-15-29-32(38-22(3)35)17-26(30(36)33-18-25-9-10-27(37-4)14-21(25)2)16-31(32,28(24)13-20)11-12-34(29)19-23-6-7-23;2*1-14-3-6-17-10-20-23(28-15(2)26)12-18(21(24)27)11-22(23,19(17)9-14)7-8-25(20)13-16-4-5-16/h5,8-10,13-14,23,26,29H,6-7,11-12,15-19H2,1-4H3,(H,33,36);2*3,6,9,16,18,20H,4-5,7-8,10-13H2,1-2H3,(H2,24,27)/t26?,29-,31-,32-;18-,20+,22+,23+;18-,20-,22-,23-/m101/s1. The van der Waals surface area contributed by atoms with Gasteiger partial charge >= 0.3 is 17.9 Å². The van der Waals surface area contributed by atoms with Crippen LogP contribution in [-0.2, 0) is 85.0 Å². The number of carbonyl (C=O) groups is 6. The summed E-state index contributed by atoms with van der Waals surface area (Å²) < 4.78 is 24.4. The maximum atomic E-state index is 13.8. The molecule has 16 heteroatoms. The van der Waals surface area contributed by atoms with Gasteiger partial charge in [-0.25, -0.2) is 0 Å². The lowest BCUT2D eigenvalue weighted by Crippen LogP contribution is -2.70. The molecule has 6 saturated carbocycles. The van der Waals surface area contributed by atoms with E-state index in [0.717, 1.165) is 119 Å². The van der Waals surface area contributed by atoms with Crippen molar-refractivity contribution in [1.82, 2.24) is 20.0 Å². The minimum atomic E-state index is -0.676. The summed E-state index contributed by atoms with van der Waals surface area (Å²) in [4.78, 5) is 83.4. The van der Waals surface area contributed by atoms with Crippen LogP contribution in [0.1, 0.15) is 178 Å². The van der Waals surface area contributed by atoms with E-state index in [4.69, 9.17) is 30.4 Å². The molecule has 4 aromatic rings. The molecule has 3 amide bonds. The molecule has 12 aliphatic rings. The molecule has 4 aromatic carbocycles. The Kier molecular flexibility index (Phi) is 16.6. The number of benzene rings is 4. The number of esters is 3. The average molecular weight is 1280 g/mol. The number of carbonyl (C=O) groups excluding carboxylic acids is 6. The van der Waals surface area contributed by atoms with E-state index in [9.17, 15) is 28.8 Å². The van der Waals surface area contributed by atoms with Crippen LogP contribution in [0.2, 0.25) is 0 Å². The van der Waals surface area contributed by atoms with Crippen molar-refractivity contribution in [2.45, 2.75) is 222 Å². The molecule has 9 aliphatic carbocycles. The summed E-state index contributed by atoms with van der Waals surface area (Å²) in [7, 11) is 1.66. The highest BCUT2D eigenvalue weighted by Crippen LogP contribution is 2.67. The molecule has 9 fully saturated rings. The first-order valence-electron chi connectivity index (χ1n) is 35.5. The first-order valence-corrected chi connectivity index (χ1v) is 35.5. The second kappa shape index (κ2) is 24.2. The van der Waals surface area contributed by atoms with Gasteiger partial charge in [0.05, 0.1) is 25.2 Å². The van der Waals surface area contributed by atoms with Crippen LogP contribution in [0.15, 0.2) is 72.8 Å². The molecule has 0 spiro atoms. The van der Waals surface area contributed by atoms with Gasteiger partial charge in [0.25, 0.3) is 0 Å². The fraction of sp³-hybridized carbons (Fsp3) is 0.615. The lowest BCUT2D eigenvalue weighted by atomic mass is 9.55. The Hall–Kier alpha value is -6.62. The number of primary amides is 2. The van der Waals surface area contributed by atoms with Crippen molar-refractivity contribution < 1.29 is 47.7 Å². The third-order valence-corrected chi connectivity index (χ3v) is 25.6. The maximum absolute atomic E-state index is 13.8. The average Bonchev–Trinajstić information content (AvgIpc) is 1.46. The molecular weight excluding hydrogens is 1180 g/mol. The monoisotopic (exact) mass is 1280 g/mol. The highest BCUT2D eigenvalue weighted by molar-refractivity contribution is 5.81. The number of fused-ring (bicyclic) bond motifs is 3. The van der Waals surface area contributed by atoms with Crippen molar-refractivity contribution in [2.24, 2.45) is 47.0 Å². The molecule has 3 aliphatic heterocycles.